The van der Waals surface area contributed by atoms with Crippen LogP contribution in [-0.2, 0) is 11.2 Å². The molecule has 0 spiro atoms. The smallest absolute Gasteiger partial charge is 0.337 e. The Bertz CT molecular complexity index is 752. The number of hydrogen-bond acceptors (Lipinski definition) is 3. The van der Waals surface area contributed by atoms with Crippen LogP contribution in [0.4, 0.5) is 5.69 Å². The predicted octanol–water partition coefficient (Wildman–Crippen LogP) is 2.98. The Morgan fingerprint density at radius 3 is 2.64 bits per heavy atom. The topological polar surface area (TPSA) is 46.6 Å². The van der Waals surface area contributed by atoms with Crippen molar-refractivity contribution in [3.8, 4) is 0 Å². The van der Waals surface area contributed by atoms with Crippen molar-refractivity contribution in [2.75, 3.05) is 18.6 Å². The van der Waals surface area contributed by atoms with Gasteiger partial charge in [-0.25, -0.2) is 4.79 Å². The molecule has 22 heavy (non-hydrogen) atoms. The minimum Gasteiger partial charge on any atom is -0.465 e. The Labute approximate surface area is 129 Å². The van der Waals surface area contributed by atoms with Crippen LogP contribution in [0, 0.1) is 6.92 Å². The van der Waals surface area contributed by atoms with E-state index >= 15 is 0 Å². The number of rotatable bonds is 2. The summed E-state index contributed by atoms with van der Waals surface area (Å²) in [5.74, 6) is -0.362. The third kappa shape index (κ3) is 2.48. The molecule has 4 heteroatoms. The second-order valence-corrected chi connectivity index (χ2v) is 5.41. The molecule has 112 valence electrons. The van der Waals surface area contributed by atoms with Gasteiger partial charge in [-0.05, 0) is 49.2 Å². The number of esters is 1. The highest BCUT2D eigenvalue weighted by Gasteiger charge is 2.26. The summed E-state index contributed by atoms with van der Waals surface area (Å²) in [6.07, 6.45) is 0.748. The van der Waals surface area contributed by atoms with Crippen molar-refractivity contribution in [2.24, 2.45) is 0 Å². The number of amides is 1. The van der Waals surface area contributed by atoms with E-state index in [9.17, 15) is 9.59 Å². The van der Waals surface area contributed by atoms with Gasteiger partial charge < -0.3 is 9.64 Å². The first-order chi connectivity index (χ1) is 10.6. The Morgan fingerprint density at radius 1 is 1.09 bits per heavy atom. The van der Waals surface area contributed by atoms with Crippen LogP contribution in [0.2, 0.25) is 0 Å². The highest BCUT2D eigenvalue weighted by molar-refractivity contribution is 6.07. The van der Waals surface area contributed by atoms with Crippen LogP contribution in [0.1, 0.15) is 31.8 Å². The monoisotopic (exact) mass is 295 g/mol. The summed E-state index contributed by atoms with van der Waals surface area (Å²) in [7, 11) is 1.36. The van der Waals surface area contributed by atoms with Gasteiger partial charge in [0.25, 0.3) is 5.91 Å². The molecule has 1 aliphatic rings. The quantitative estimate of drug-likeness (QED) is 0.800. The highest BCUT2D eigenvalue weighted by Crippen LogP contribution is 2.30. The maximum Gasteiger partial charge on any atom is 0.337 e. The largest absolute Gasteiger partial charge is 0.465 e. The van der Waals surface area contributed by atoms with E-state index in [4.69, 9.17) is 4.74 Å². The number of fused-ring (bicyclic) bond motifs is 1. The van der Waals surface area contributed by atoms with Gasteiger partial charge in [0.15, 0.2) is 0 Å². The van der Waals surface area contributed by atoms with Crippen LogP contribution in [0.5, 0.6) is 0 Å². The Balaban J connectivity index is 1.91. The van der Waals surface area contributed by atoms with Crippen molar-refractivity contribution in [3.05, 3.63) is 64.7 Å². The number of carbonyl (C=O) groups excluding carboxylic acids is 2. The molecule has 0 atom stereocenters. The number of anilines is 1. The van der Waals surface area contributed by atoms with Gasteiger partial charge in [-0.3, -0.25) is 4.79 Å². The second-order valence-electron chi connectivity index (χ2n) is 5.41. The third-order valence-electron chi connectivity index (χ3n) is 3.91. The molecule has 1 heterocycles. The lowest BCUT2D eigenvalue weighted by molar-refractivity contribution is 0.0600. The van der Waals surface area contributed by atoms with Crippen LogP contribution in [0.3, 0.4) is 0 Å². The maximum absolute atomic E-state index is 12.7. The van der Waals surface area contributed by atoms with Crippen LogP contribution in [0.15, 0.2) is 42.5 Å². The summed E-state index contributed by atoms with van der Waals surface area (Å²) >= 11 is 0. The molecule has 0 radical (unpaired) electrons. The molecule has 0 bridgehead atoms. The Morgan fingerprint density at radius 2 is 1.91 bits per heavy atom. The molecule has 0 fully saturated rings. The molecule has 0 saturated heterocycles. The minimum absolute atomic E-state index is 0.00623. The standard InChI is InChI=1S/C18H17NO3/c1-12-4-3-5-14(10-12)17(20)19-9-8-13-11-15(18(21)22-2)6-7-16(13)19/h3-7,10-11H,8-9H2,1-2H3. The van der Waals surface area contributed by atoms with E-state index in [1.807, 2.05) is 43.3 Å². The first-order valence-corrected chi connectivity index (χ1v) is 7.20. The van der Waals surface area contributed by atoms with Gasteiger partial charge >= 0.3 is 5.97 Å². The summed E-state index contributed by atoms with van der Waals surface area (Å²) in [4.78, 5) is 26.0. The summed E-state index contributed by atoms with van der Waals surface area (Å²) in [6.45, 7) is 2.60. The molecule has 0 N–H and O–H groups in total. The molecule has 2 aromatic carbocycles. The van der Waals surface area contributed by atoms with Gasteiger partial charge in [0.1, 0.15) is 0 Å². The number of aryl methyl sites for hydroxylation is 1. The zero-order chi connectivity index (χ0) is 15.7. The number of carbonyl (C=O) groups is 2. The molecule has 0 saturated carbocycles. The molecule has 1 aliphatic heterocycles. The van der Waals surface area contributed by atoms with Crippen molar-refractivity contribution in [1.82, 2.24) is 0 Å². The normalized spacial score (nSPS) is 12.9. The van der Waals surface area contributed by atoms with Crippen molar-refractivity contribution >= 4 is 17.6 Å². The zero-order valence-corrected chi connectivity index (χ0v) is 12.6. The maximum atomic E-state index is 12.7. The van der Waals surface area contributed by atoms with Gasteiger partial charge in [0.05, 0.1) is 12.7 Å². The van der Waals surface area contributed by atoms with Crippen molar-refractivity contribution in [3.63, 3.8) is 0 Å². The van der Waals surface area contributed by atoms with Gasteiger partial charge in [-0.1, -0.05) is 17.7 Å². The number of hydrogen-bond donors (Lipinski definition) is 0. The summed E-state index contributed by atoms with van der Waals surface area (Å²) in [5, 5.41) is 0. The first kappa shape index (κ1) is 14.3. The van der Waals surface area contributed by atoms with Crippen molar-refractivity contribution in [2.45, 2.75) is 13.3 Å². The van der Waals surface area contributed by atoms with E-state index in [2.05, 4.69) is 0 Å². The lowest BCUT2D eigenvalue weighted by Gasteiger charge is -2.17. The van der Waals surface area contributed by atoms with E-state index in [0.717, 1.165) is 23.2 Å². The van der Waals surface area contributed by atoms with Gasteiger partial charge in [0.2, 0.25) is 0 Å². The zero-order valence-electron chi connectivity index (χ0n) is 12.6. The molecular formula is C18H17NO3. The summed E-state index contributed by atoms with van der Waals surface area (Å²) in [6, 6.07) is 12.9. The molecular weight excluding hydrogens is 278 g/mol. The SMILES string of the molecule is COC(=O)c1ccc2c(c1)CCN2C(=O)c1cccc(C)c1. The number of nitrogens with zero attached hydrogens (tertiary/aromatic N) is 1. The first-order valence-electron chi connectivity index (χ1n) is 7.20. The van der Waals surface area contributed by atoms with Crippen molar-refractivity contribution < 1.29 is 14.3 Å². The Hall–Kier alpha value is -2.62. The number of ether oxygens (including phenoxy) is 1. The molecule has 4 nitrogen and oxygen atoms in total. The van der Waals surface area contributed by atoms with Crippen LogP contribution in [-0.4, -0.2) is 25.5 Å². The van der Waals surface area contributed by atoms with Crippen LogP contribution < -0.4 is 4.90 Å². The average molecular weight is 295 g/mol. The highest BCUT2D eigenvalue weighted by atomic mass is 16.5. The van der Waals surface area contributed by atoms with Gasteiger partial charge in [-0.15, -0.1) is 0 Å². The summed E-state index contributed by atoms with van der Waals surface area (Å²) < 4.78 is 4.73. The van der Waals surface area contributed by atoms with Crippen LogP contribution in [0.25, 0.3) is 0 Å². The second kappa shape index (κ2) is 5.64. The molecule has 0 aromatic heterocycles. The predicted molar refractivity (Wildman–Crippen MR) is 84.3 cm³/mol. The molecule has 0 unspecified atom stereocenters. The third-order valence-corrected chi connectivity index (χ3v) is 3.91. The van der Waals surface area contributed by atoms with E-state index in [0.29, 0.717) is 17.7 Å². The fraction of sp³-hybridized carbons (Fsp3) is 0.222. The lowest BCUT2D eigenvalue weighted by atomic mass is 10.1. The molecule has 1 amide bonds. The number of methoxy groups -OCH3 is 1. The van der Waals surface area contributed by atoms with Gasteiger partial charge in [0, 0.05) is 17.8 Å². The molecule has 0 aliphatic carbocycles. The van der Waals surface area contributed by atoms with E-state index in [1.165, 1.54) is 7.11 Å². The van der Waals surface area contributed by atoms with Gasteiger partial charge in [-0.2, -0.15) is 0 Å². The van der Waals surface area contributed by atoms with E-state index < -0.39 is 0 Å². The average Bonchev–Trinajstić information content (AvgIpc) is 2.96. The van der Waals surface area contributed by atoms with Crippen molar-refractivity contribution in [1.29, 1.82) is 0 Å². The molecule has 3 rings (SSSR count). The van der Waals surface area contributed by atoms with E-state index in [1.54, 1.807) is 11.0 Å². The fourth-order valence-electron chi connectivity index (χ4n) is 2.79. The van der Waals surface area contributed by atoms with Crippen LogP contribution >= 0.6 is 0 Å². The number of benzene rings is 2. The molecule has 2 aromatic rings. The summed E-state index contributed by atoms with van der Waals surface area (Å²) in [5.41, 5.74) is 4.14. The van der Waals surface area contributed by atoms with E-state index in [-0.39, 0.29) is 11.9 Å². The Kier molecular flexibility index (Phi) is 3.67. The fourth-order valence-corrected chi connectivity index (χ4v) is 2.79. The minimum atomic E-state index is -0.355. The lowest BCUT2D eigenvalue weighted by Crippen LogP contribution is -2.28.